The topological polar surface area (TPSA) is 79.7 Å². The van der Waals surface area contributed by atoms with Crippen molar-refractivity contribution in [1.82, 2.24) is 29.9 Å². The van der Waals surface area contributed by atoms with Gasteiger partial charge in [-0.25, -0.2) is 4.98 Å². The first-order valence-electron chi connectivity index (χ1n) is 6.70. The highest BCUT2D eigenvalue weighted by Crippen LogP contribution is 2.16. The van der Waals surface area contributed by atoms with Crippen molar-refractivity contribution in [2.75, 3.05) is 7.05 Å². The van der Waals surface area contributed by atoms with Gasteiger partial charge in [0.15, 0.2) is 0 Å². The molecule has 0 atom stereocenters. The molecule has 0 aliphatic carbocycles. The zero-order valence-electron chi connectivity index (χ0n) is 12.3. The minimum absolute atomic E-state index is 0.0670. The average molecular weight is 276 g/mol. The summed E-state index contributed by atoms with van der Waals surface area (Å²) < 4.78 is 1.74. The zero-order valence-corrected chi connectivity index (χ0v) is 12.3. The molecular weight excluding hydrogens is 256 g/mol. The van der Waals surface area contributed by atoms with Crippen LogP contribution in [0.1, 0.15) is 48.7 Å². The predicted molar refractivity (Wildman–Crippen MR) is 74.2 cm³/mol. The summed E-state index contributed by atoms with van der Waals surface area (Å²) in [5.74, 6) is 0.893. The molecule has 0 aromatic carbocycles. The Morgan fingerprint density at radius 2 is 2.25 bits per heavy atom. The van der Waals surface area contributed by atoms with Gasteiger partial charge in [0, 0.05) is 13.6 Å². The molecule has 0 unspecified atom stereocenters. The molecule has 2 aromatic rings. The van der Waals surface area contributed by atoms with Gasteiger partial charge in [-0.05, 0) is 18.9 Å². The summed E-state index contributed by atoms with van der Waals surface area (Å²) in [7, 11) is 1.74. The number of aryl methyl sites for hydroxylation is 1. The highest BCUT2D eigenvalue weighted by Gasteiger charge is 2.20. The van der Waals surface area contributed by atoms with Gasteiger partial charge in [-0.15, -0.1) is 0 Å². The van der Waals surface area contributed by atoms with Gasteiger partial charge < -0.3 is 4.90 Å². The number of carbonyl (C=O) groups is 1. The number of hydrogen-bond donors (Lipinski definition) is 1. The van der Waals surface area contributed by atoms with E-state index >= 15 is 0 Å². The third-order valence-corrected chi connectivity index (χ3v) is 3.11. The molecular formula is C13H20N6O. The molecule has 0 aliphatic rings. The second-order valence-electron chi connectivity index (χ2n) is 5.02. The molecule has 1 amide bonds. The first-order valence-corrected chi connectivity index (χ1v) is 6.70. The van der Waals surface area contributed by atoms with Crippen LogP contribution in [0.25, 0.3) is 0 Å². The lowest BCUT2D eigenvalue weighted by atomic mass is 10.1. The lowest BCUT2D eigenvalue weighted by molar-refractivity contribution is 0.0769. The van der Waals surface area contributed by atoms with Crippen LogP contribution in [-0.2, 0) is 13.1 Å². The van der Waals surface area contributed by atoms with Crippen molar-refractivity contribution in [2.24, 2.45) is 0 Å². The van der Waals surface area contributed by atoms with Crippen LogP contribution in [-0.4, -0.2) is 42.8 Å². The van der Waals surface area contributed by atoms with Gasteiger partial charge in [0.2, 0.25) is 0 Å². The highest BCUT2D eigenvalue weighted by atomic mass is 16.2. The van der Waals surface area contributed by atoms with E-state index in [0.29, 0.717) is 30.5 Å². The minimum atomic E-state index is -0.0670. The van der Waals surface area contributed by atoms with Gasteiger partial charge in [-0.1, -0.05) is 13.8 Å². The molecule has 0 spiro atoms. The molecule has 2 rings (SSSR count). The number of hydrogen-bond acceptors (Lipinski definition) is 4. The van der Waals surface area contributed by atoms with Crippen LogP contribution < -0.4 is 0 Å². The first-order chi connectivity index (χ1) is 9.52. The van der Waals surface area contributed by atoms with E-state index in [0.717, 1.165) is 5.69 Å². The van der Waals surface area contributed by atoms with Crippen LogP contribution in [0.2, 0.25) is 0 Å². The fourth-order valence-corrected chi connectivity index (χ4v) is 1.93. The molecule has 0 bridgehead atoms. The van der Waals surface area contributed by atoms with Crippen LogP contribution in [0.4, 0.5) is 0 Å². The summed E-state index contributed by atoms with van der Waals surface area (Å²) in [5, 5.41) is 11.0. The van der Waals surface area contributed by atoms with Gasteiger partial charge in [0.05, 0.1) is 12.2 Å². The van der Waals surface area contributed by atoms with Gasteiger partial charge in [-0.2, -0.15) is 10.2 Å². The Morgan fingerprint density at radius 3 is 2.80 bits per heavy atom. The van der Waals surface area contributed by atoms with E-state index in [-0.39, 0.29) is 5.91 Å². The Kier molecular flexibility index (Phi) is 4.16. The first kappa shape index (κ1) is 14.2. The van der Waals surface area contributed by atoms with Crippen LogP contribution in [0.15, 0.2) is 12.4 Å². The molecule has 108 valence electrons. The van der Waals surface area contributed by atoms with E-state index in [1.807, 2.05) is 13.0 Å². The molecule has 0 fully saturated rings. The largest absolute Gasteiger partial charge is 0.333 e. The average Bonchev–Trinajstić information content (AvgIpc) is 3.06. The molecule has 1 N–H and O–H groups in total. The highest BCUT2D eigenvalue weighted by molar-refractivity contribution is 5.92. The Hall–Kier alpha value is -2.18. The standard InChI is InChI=1S/C13H20N6O/c1-5-19-11(6-10(17-19)9(2)3)13(20)18(4)7-12-14-8-15-16-12/h6,8-9H,5,7H2,1-4H3,(H,14,15,16). The van der Waals surface area contributed by atoms with Crippen molar-refractivity contribution in [2.45, 2.75) is 39.8 Å². The summed E-state index contributed by atoms with van der Waals surface area (Å²) in [4.78, 5) is 18.1. The summed E-state index contributed by atoms with van der Waals surface area (Å²) in [6.45, 7) is 7.17. The molecule has 20 heavy (non-hydrogen) atoms. The van der Waals surface area contributed by atoms with Gasteiger partial charge in [0.25, 0.3) is 5.91 Å². The number of carbonyl (C=O) groups excluding carboxylic acids is 1. The zero-order chi connectivity index (χ0) is 14.7. The SMILES string of the molecule is CCn1nc(C(C)C)cc1C(=O)N(C)Cc1ncn[nH]1. The molecule has 2 heterocycles. The third kappa shape index (κ3) is 2.87. The summed E-state index contributed by atoms with van der Waals surface area (Å²) in [6.07, 6.45) is 1.43. The second-order valence-corrected chi connectivity index (χ2v) is 5.02. The van der Waals surface area contributed by atoms with Gasteiger partial charge in [-0.3, -0.25) is 14.6 Å². The van der Waals surface area contributed by atoms with Crippen LogP contribution in [0.5, 0.6) is 0 Å². The number of rotatable bonds is 5. The van der Waals surface area contributed by atoms with E-state index in [1.165, 1.54) is 6.33 Å². The van der Waals surface area contributed by atoms with Gasteiger partial charge >= 0.3 is 0 Å². The molecule has 0 radical (unpaired) electrons. The summed E-state index contributed by atoms with van der Waals surface area (Å²) >= 11 is 0. The number of amides is 1. The number of aromatic amines is 1. The maximum absolute atomic E-state index is 12.5. The van der Waals surface area contributed by atoms with E-state index in [2.05, 4.69) is 34.1 Å². The van der Waals surface area contributed by atoms with Crippen molar-refractivity contribution in [3.8, 4) is 0 Å². The van der Waals surface area contributed by atoms with Crippen molar-refractivity contribution >= 4 is 5.91 Å². The van der Waals surface area contributed by atoms with Gasteiger partial charge in [0.1, 0.15) is 17.8 Å². The number of nitrogens with zero attached hydrogens (tertiary/aromatic N) is 5. The molecule has 0 saturated heterocycles. The monoisotopic (exact) mass is 276 g/mol. The lowest BCUT2D eigenvalue weighted by Crippen LogP contribution is -2.28. The van der Waals surface area contributed by atoms with Crippen LogP contribution in [0, 0.1) is 0 Å². The smallest absolute Gasteiger partial charge is 0.272 e. The Bertz CT molecular complexity index is 572. The van der Waals surface area contributed by atoms with Crippen molar-refractivity contribution in [1.29, 1.82) is 0 Å². The van der Waals surface area contributed by atoms with E-state index in [9.17, 15) is 4.79 Å². The predicted octanol–water partition coefficient (Wildman–Crippen LogP) is 1.42. The Balaban J connectivity index is 2.19. The Labute approximate surface area is 118 Å². The molecule has 0 aliphatic heterocycles. The third-order valence-electron chi connectivity index (χ3n) is 3.11. The molecule has 0 saturated carbocycles. The second kappa shape index (κ2) is 5.85. The maximum Gasteiger partial charge on any atom is 0.272 e. The van der Waals surface area contributed by atoms with Crippen LogP contribution >= 0.6 is 0 Å². The quantitative estimate of drug-likeness (QED) is 0.895. The number of H-pyrrole nitrogens is 1. The fourth-order valence-electron chi connectivity index (χ4n) is 1.93. The number of nitrogens with one attached hydrogen (secondary N) is 1. The summed E-state index contributed by atoms with van der Waals surface area (Å²) in [6, 6.07) is 1.87. The lowest BCUT2D eigenvalue weighted by Gasteiger charge is -2.15. The van der Waals surface area contributed by atoms with Crippen LogP contribution in [0.3, 0.4) is 0 Å². The summed E-state index contributed by atoms with van der Waals surface area (Å²) in [5.41, 5.74) is 1.54. The van der Waals surface area contributed by atoms with E-state index < -0.39 is 0 Å². The van der Waals surface area contributed by atoms with Crippen molar-refractivity contribution < 1.29 is 4.79 Å². The van der Waals surface area contributed by atoms with Crippen molar-refractivity contribution in [3.05, 3.63) is 29.6 Å². The number of aromatic nitrogens is 5. The van der Waals surface area contributed by atoms with E-state index in [1.54, 1.807) is 16.6 Å². The fraction of sp³-hybridized carbons (Fsp3) is 0.538. The molecule has 7 nitrogen and oxygen atoms in total. The Morgan fingerprint density at radius 1 is 1.50 bits per heavy atom. The minimum Gasteiger partial charge on any atom is -0.333 e. The molecule has 2 aromatic heterocycles. The van der Waals surface area contributed by atoms with Crippen molar-refractivity contribution in [3.63, 3.8) is 0 Å². The maximum atomic E-state index is 12.5. The normalized spacial score (nSPS) is 11.1. The molecule has 7 heteroatoms. The van der Waals surface area contributed by atoms with E-state index in [4.69, 9.17) is 0 Å².